The number of nitrogens with zero attached hydrogens (tertiary/aromatic N) is 3. The maximum absolute atomic E-state index is 5.64. The van der Waals surface area contributed by atoms with Crippen molar-refractivity contribution in [1.82, 2.24) is 9.36 Å². The van der Waals surface area contributed by atoms with Gasteiger partial charge in [-0.05, 0) is 12.8 Å². The van der Waals surface area contributed by atoms with Crippen molar-refractivity contribution in [2.24, 2.45) is 5.73 Å². The second-order valence-electron chi connectivity index (χ2n) is 3.61. The van der Waals surface area contributed by atoms with Gasteiger partial charge in [0, 0.05) is 37.1 Å². The summed E-state index contributed by atoms with van der Waals surface area (Å²) in [6.45, 7) is 3.96. The van der Waals surface area contributed by atoms with Crippen LogP contribution in [0.1, 0.15) is 25.6 Å². The standard InChI is InChI=1S/C9H16N4S/c1-2-3-8-11-9(14-12-8)13-5-4-7(13)6-10/h7H,2-6,10H2,1H3. The summed E-state index contributed by atoms with van der Waals surface area (Å²) < 4.78 is 4.33. The molecule has 2 heterocycles. The van der Waals surface area contributed by atoms with Gasteiger partial charge in [-0.3, -0.25) is 0 Å². The minimum Gasteiger partial charge on any atom is -0.342 e. The van der Waals surface area contributed by atoms with Gasteiger partial charge in [-0.2, -0.15) is 4.37 Å². The summed E-state index contributed by atoms with van der Waals surface area (Å²) in [6.07, 6.45) is 3.29. The van der Waals surface area contributed by atoms with Crippen LogP contribution in [0, 0.1) is 0 Å². The van der Waals surface area contributed by atoms with Gasteiger partial charge in [-0.25, -0.2) is 4.98 Å². The van der Waals surface area contributed by atoms with Crippen molar-refractivity contribution < 1.29 is 0 Å². The van der Waals surface area contributed by atoms with E-state index in [1.807, 2.05) is 0 Å². The second-order valence-corrected chi connectivity index (χ2v) is 4.35. The molecule has 1 saturated heterocycles. The van der Waals surface area contributed by atoms with E-state index in [-0.39, 0.29) is 0 Å². The second kappa shape index (κ2) is 4.23. The first kappa shape index (κ1) is 9.86. The van der Waals surface area contributed by atoms with E-state index in [1.54, 1.807) is 0 Å². The molecule has 1 aromatic rings. The molecule has 0 bridgehead atoms. The minimum absolute atomic E-state index is 0.498. The lowest BCUT2D eigenvalue weighted by Crippen LogP contribution is -2.51. The van der Waals surface area contributed by atoms with Crippen LogP contribution < -0.4 is 10.6 Å². The Balaban J connectivity index is 2.02. The van der Waals surface area contributed by atoms with Gasteiger partial charge in [0.1, 0.15) is 5.82 Å². The first-order chi connectivity index (χ1) is 6.85. The highest BCUT2D eigenvalue weighted by Crippen LogP contribution is 2.27. The molecule has 1 unspecified atom stereocenters. The SMILES string of the molecule is CCCc1nsc(N2CCC2CN)n1. The fourth-order valence-electron chi connectivity index (χ4n) is 1.62. The van der Waals surface area contributed by atoms with Gasteiger partial charge in [0.15, 0.2) is 0 Å². The van der Waals surface area contributed by atoms with E-state index in [4.69, 9.17) is 5.73 Å². The van der Waals surface area contributed by atoms with Crippen LogP contribution >= 0.6 is 11.5 Å². The van der Waals surface area contributed by atoms with E-state index in [1.165, 1.54) is 18.0 Å². The summed E-state index contributed by atoms with van der Waals surface area (Å²) in [5.41, 5.74) is 5.64. The maximum Gasteiger partial charge on any atom is 0.205 e. The summed E-state index contributed by atoms with van der Waals surface area (Å²) in [4.78, 5) is 6.76. The predicted octanol–water partition coefficient (Wildman–Crippen LogP) is 1.03. The molecule has 2 N–H and O–H groups in total. The van der Waals surface area contributed by atoms with Crippen LogP contribution in [0.3, 0.4) is 0 Å². The molecule has 0 radical (unpaired) electrons. The smallest absolute Gasteiger partial charge is 0.205 e. The zero-order chi connectivity index (χ0) is 9.97. The molecule has 0 amide bonds. The molecular formula is C9H16N4S. The summed E-state index contributed by atoms with van der Waals surface area (Å²) in [6, 6.07) is 0.498. The Kier molecular flexibility index (Phi) is 2.98. The molecule has 1 aliphatic heterocycles. The monoisotopic (exact) mass is 212 g/mol. The van der Waals surface area contributed by atoms with Gasteiger partial charge >= 0.3 is 0 Å². The van der Waals surface area contributed by atoms with E-state index < -0.39 is 0 Å². The van der Waals surface area contributed by atoms with Crippen molar-refractivity contribution in [3.63, 3.8) is 0 Å². The Labute approximate surface area is 88.3 Å². The lowest BCUT2D eigenvalue weighted by molar-refractivity contribution is 0.455. The van der Waals surface area contributed by atoms with E-state index in [0.717, 1.165) is 36.9 Å². The van der Waals surface area contributed by atoms with Crippen LogP contribution in [-0.2, 0) is 6.42 Å². The minimum atomic E-state index is 0.498. The zero-order valence-corrected chi connectivity index (χ0v) is 9.26. The lowest BCUT2D eigenvalue weighted by atomic mass is 10.1. The molecular weight excluding hydrogens is 196 g/mol. The highest BCUT2D eigenvalue weighted by atomic mass is 32.1. The van der Waals surface area contributed by atoms with Crippen LogP contribution in [0.2, 0.25) is 0 Å². The molecule has 5 heteroatoms. The number of anilines is 1. The van der Waals surface area contributed by atoms with Crippen molar-refractivity contribution in [1.29, 1.82) is 0 Å². The third-order valence-corrected chi connectivity index (χ3v) is 3.38. The first-order valence-corrected chi connectivity index (χ1v) is 5.91. The van der Waals surface area contributed by atoms with Gasteiger partial charge in [0.25, 0.3) is 0 Å². The quantitative estimate of drug-likeness (QED) is 0.810. The lowest BCUT2D eigenvalue weighted by Gasteiger charge is -2.39. The van der Waals surface area contributed by atoms with Crippen LogP contribution in [0.15, 0.2) is 0 Å². The Morgan fingerprint density at radius 2 is 2.50 bits per heavy atom. The number of rotatable bonds is 4. The molecule has 0 aliphatic carbocycles. The van der Waals surface area contributed by atoms with Crippen molar-refractivity contribution in [2.45, 2.75) is 32.2 Å². The summed E-state index contributed by atoms with van der Waals surface area (Å²) >= 11 is 1.50. The average molecular weight is 212 g/mol. The van der Waals surface area contributed by atoms with Gasteiger partial charge < -0.3 is 10.6 Å². The van der Waals surface area contributed by atoms with Crippen molar-refractivity contribution in [3.8, 4) is 0 Å². The summed E-state index contributed by atoms with van der Waals surface area (Å²) in [7, 11) is 0. The van der Waals surface area contributed by atoms with E-state index in [2.05, 4.69) is 21.2 Å². The first-order valence-electron chi connectivity index (χ1n) is 5.14. The fraction of sp³-hybridized carbons (Fsp3) is 0.778. The van der Waals surface area contributed by atoms with Crippen LogP contribution in [0.25, 0.3) is 0 Å². The van der Waals surface area contributed by atoms with E-state index >= 15 is 0 Å². The maximum atomic E-state index is 5.64. The van der Waals surface area contributed by atoms with E-state index in [0.29, 0.717) is 6.04 Å². The Morgan fingerprint density at radius 3 is 3.07 bits per heavy atom. The van der Waals surface area contributed by atoms with Crippen molar-refractivity contribution >= 4 is 16.7 Å². The third kappa shape index (κ3) is 1.74. The van der Waals surface area contributed by atoms with Crippen LogP contribution in [-0.4, -0.2) is 28.5 Å². The Morgan fingerprint density at radius 1 is 1.64 bits per heavy atom. The highest BCUT2D eigenvalue weighted by molar-refractivity contribution is 7.09. The molecule has 0 spiro atoms. The molecule has 1 fully saturated rings. The van der Waals surface area contributed by atoms with E-state index in [9.17, 15) is 0 Å². The van der Waals surface area contributed by atoms with Crippen molar-refractivity contribution in [3.05, 3.63) is 5.82 Å². The molecule has 0 saturated carbocycles. The molecule has 4 nitrogen and oxygen atoms in total. The number of aryl methyl sites for hydroxylation is 1. The molecule has 0 aromatic carbocycles. The summed E-state index contributed by atoms with van der Waals surface area (Å²) in [5, 5.41) is 1.05. The molecule has 2 rings (SSSR count). The average Bonchev–Trinajstić information content (AvgIpc) is 2.53. The normalized spacial score (nSPS) is 21.0. The zero-order valence-electron chi connectivity index (χ0n) is 8.44. The fourth-order valence-corrected chi connectivity index (χ4v) is 2.43. The van der Waals surface area contributed by atoms with Gasteiger partial charge in [-0.1, -0.05) is 6.92 Å². The number of hydrogen-bond donors (Lipinski definition) is 1. The van der Waals surface area contributed by atoms with Crippen LogP contribution in [0.4, 0.5) is 5.13 Å². The topological polar surface area (TPSA) is 55.0 Å². The van der Waals surface area contributed by atoms with Gasteiger partial charge in [0.05, 0.1) is 0 Å². The molecule has 1 atom stereocenters. The van der Waals surface area contributed by atoms with Gasteiger partial charge in [-0.15, -0.1) is 0 Å². The van der Waals surface area contributed by atoms with Gasteiger partial charge in [0.2, 0.25) is 5.13 Å². The number of nitrogens with two attached hydrogens (primary N) is 1. The van der Waals surface area contributed by atoms with Crippen LogP contribution in [0.5, 0.6) is 0 Å². The Bertz CT molecular complexity index is 297. The number of aromatic nitrogens is 2. The highest BCUT2D eigenvalue weighted by Gasteiger charge is 2.29. The Hall–Kier alpha value is -0.680. The summed E-state index contributed by atoms with van der Waals surface area (Å²) in [5.74, 6) is 0.982. The molecule has 1 aliphatic rings. The predicted molar refractivity (Wildman–Crippen MR) is 58.7 cm³/mol. The molecule has 78 valence electrons. The largest absolute Gasteiger partial charge is 0.342 e. The third-order valence-electron chi connectivity index (χ3n) is 2.59. The number of hydrogen-bond acceptors (Lipinski definition) is 5. The molecule has 14 heavy (non-hydrogen) atoms. The van der Waals surface area contributed by atoms with Crippen molar-refractivity contribution in [2.75, 3.05) is 18.0 Å². The molecule has 1 aromatic heterocycles.